The second kappa shape index (κ2) is 8.26. The van der Waals surface area contributed by atoms with Crippen LogP contribution in [0.25, 0.3) is 5.65 Å². The van der Waals surface area contributed by atoms with Gasteiger partial charge in [-0.25, -0.2) is 4.98 Å². The number of amides is 1. The molecule has 1 amide bonds. The van der Waals surface area contributed by atoms with Crippen LogP contribution in [-0.2, 0) is 5.75 Å². The third-order valence-corrected chi connectivity index (χ3v) is 5.88. The largest absolute Gasteiger partial charge is 0.375 e. The van der Waals surface area contributed by atoms with Crippen molar-refractivity contribution in [3.63, 3.8) is 0 Å². The molecule has 29 heavy (non-hydrogen) atoms. The van der Waals surface area contributed by atoms with Crippen molar-refractivity contribution >= 4 is 44.9 Å². The number of halogens is 1. The lowest BCUT2D eigenvalue weighted by Gasteiger charge is -2.08. The number of carbonyl (C=O) groups excluding carboxylic acids is 1. The van der Waals surface area contributed by atoms with Gasteiger partial charge in [-0.15, -0.1) is 16.3 Å². The Morgan fingerprint density at radius 2 is 1.93 bits per heavy atom. The van der Waals surface area contributed by atoms with E-state index in [2.05, 4.69) is 26.2 Å². The van der Waals surface area contributed by atoms with E-state index in [9.17, 15) is 9.59 Å². The summed E-state index contributed by atoms with van der Waals surface area (Å²) in [5, 5.41) is 2.88. The molecule has 0 unspecified atom stereocenters. The molecule has 6 nitrogen and oxygen atoms in total. The maximum Gasteiger partial charge on any atom is 0.287 e. The fourth-order valence-electron chi connectivity index (χ4n) is 2.78. The van der Waals surface area contributed by atoms with Gasteiger partial charge < -0.3 is 9.84 Å². The average molecular weight is 470 g/mol. The van der Waals surface area contributed by atoms with Gasteiger partial charge in [-0.3, -0.25) is 9.59 Å². The predicted molar refractivity (Wildman–Crippen MR) is 117 cm³/mol. The molecule has 2 aromatic heterocycles. The Labute approximate surface area is 179 Å². The molecule has 2 heterocycles. The van der Waals surface area contributed by atoms with Crippen LogP contribution >= 0.6 is 27.7 Å². The van der Waals surface area contributed by atoms with Gasteiger partial charge in [0.1, 0.15) is 5.76 Å². The van der Waals surface area contributed by atoms with Crippen LogP contribution < -0.4 is 10.9 Å². The van der Waals surface area contributed by atoms with Crippen LogP contribution in [0, 0.1) is 6.92 Å². The Morgan fingerprint density at radius 3 is 2.69 bits per heavy atom. The lowest BCUT2D eigenvalue weighted by atomic mass is 10.2. The number of nitrogens with zero attached hydrogens (tertiary/aromatic N) is 2. The first kappa shape index (κ1) is 19.5. The molecule has 146 valence electrons. The normalized spacial score (nSPS) is 11.0. The fraction of sp³-hybridized carbons (Fsp3) is 0.0952. The standard InChI is InChI=1S/C21H16BrN3O3S/c1-13-10-19-23-15(11-20(26)25(19)28-13)12-29-16-8-6-14(7-9-16)24-21(27)17-4-2-3-5-18(17)22/h2-11H,12H2,1H3,(H,24,27). The van der Waals surface area contributed by atoms with E-state index in [-0.39, 0.29) is 11.5 Å². The number of aryl methyl sites for hydroxylation is 1. The Hall–Kier alpha value is -2.84. The number of thioether (sulfide) groups is 1. The first-order valence-electron chi connectivity index (χ1n) is 8.78. The molecular formula is C21H16BrN3O3S. The highest BCUT2D eigenvalue weighted by molar-refractivity contribution is 9.10. The molecule has 2 aromatic carbocycles. The van der Waals surface area contributed by atoms with Crippen LogP contribution in [0.5, 0.6) is 0 Å². The smallest absolute Gasteiger partial charge is 0.287 e. The van der Waals surface area contributed by atoms with E-state index >= 15 is 0 Å². The quantitative estimate of drug-likeness (QED) is 0.420. The fourth-order valence-corrected chi connectivity index (χ4v) is 4.04. The Balaban J connectivity index is 1.41. The van der Waals surface area contributed by atoms with Crippen molar-refractivity contribution in [3.8, 4) is 0 Å². The monoisotopic (exact) mass is 469 g/mol. The van der Waals surface area contributed by atoms with Crippen LogP contribution in [0.4, 0.5) is 5.69 Å². The topological polar surface area (TPSA) is 76.6 Å². The zero-order chi connectivity index (χ0) is 20.4. The molecule has 0 aliphatic rings. The first-order valence-corrected chi connectivity index (χ1v) is 10.6. The minimum absolute atomic E-state index is 0.175. The second-order valence-electron chi connectivity index (χ2n) is 6.33. The third-order valence-electron chi connectivity index (χ3n) is 4.14. The van der Waals surface area contributed by atoms with Crippen molar-refractivity contribution in [3.05, 3.63) is 92.5 Å². The van der Waals surface area contributed by atoms with Gasteiger partial charge in [0.05, 0.1) is 11.3 Å². The van der Waals surface area contributed by atoms with E-state index in [1.807, 2.05) is 42.5 Å². The summed E-state index contributed by atoms with van der Waals surface area (Å²) in [4.78, 5) is 29.9. The number of nitrogens with one attached hydrogen (secondary N) is 1. The maximum absolute atomic E-state index is 12.4. The van der Waals surface area contributed by atoms with Crippen molar-refractivity contribution in [2.45, 2.75) is 17.6 Å². The second-order valence-corrected chi connectivity index (χ2v) is 8.23. The van der Waals surface area contributed by atoms with Gasteiger partial charge in [-0.05, 0) is 59.3 Å². The van der Waals surface area contributed by atoms with Crippen molar-refractivity contribution in [1.82, 2.24) is 9.56 Å². The maximum atomic E-state index is 12.4. The molecule has 1 N–H and O–H groups in total. The van der Waals surface area contributed by atoms with Crippen molar-refractivity contribution < 1.29 is 9.32 Å². The minimum atomic E-state index is -0.233. The molecule has 0 atom stereocenters. The molecule has 0 spiro atoms. The van der Waals surface area contributed by atoms with Crippen molar-refractivity contribution in [1.29, 1.82) is 0 Å². The van der Waals surface area contributed by atoms with E-state index in [0.717, 1.165) is 9.37 Å². The summed E-state index contributed by atoms with van der Waals surface area (Å²) in [5.41, 5.74) is 2.25. The zero-order valence-electron chi connectivity index (χ0n) is 15.4. The molecule has 0 saturated carbocycles. The van der Waals surface area contributed by atoms with Crippen LogP contribution in [-0.4, -0.2) is 15.5 Å². The lowest BCUT2D eigenvalue weighted by Crippen LogP contribution is -2.12. The SMILES string of the molecule is Cc1cc2nc(CSc3ccc(NC(=O)c4ccccc4Br)cc3)cc(=O)n2o1. The molecule has 0 fully saturated rings. The van der Waals surface area contributed by atoms with Gasteiger partial charge in [0.2, 0.25) is 0 Å². The zero-order valence-corrected chi connectivity index (χ0v) is 17.8. The number of fused-ring (bicyclic) bond motifs is 1. The van der Waals surface area contributed by atoms with Crippen LogP contribution in [0.3, 0.4) is 0 Å². The molecule has 4 aromatic rings. The molecule has 0 aliphatic heterocycles. The van der Waals surface area contributed by atoms with E-state index in [1.54, 1.807) is 30.8 Å². The molecule has 0 aliphatic carbocycles. The van der Waals surface area contributed by atoms with E-state index in [1.165, 1.54) is 10.6 Å². The predicted octanol–water partition coefficient (Wildman–Crippen LogP) is 4.90. The minimum Gasteiger partial charge on any atom is -0.375 e. The molecule has 0 radical (unpaired) electrons. The third kappa shape index (κ3) is 4.44. The van der Waals surface area contributed by atoms with Gasteiger partial charge in [-0.2, -0.15) is 0 Å². The molecule has 8 heteroatoms. The number of anilines is 1. The van der Waals surface area contributed by atoms with Crippen LogP contribution in [0.15, 0.2) is 79.3 Å². The Bertz CT molecular complexity index is 1250. The lowest BCUT2D eigenvalue weighted by molar-refractivity contribution is 0.102. The number of aromatic nitrogens is 2. The highest BCUT2D eigenvalue weighted by Crippen LogP contribution is 2.24. The Kier molecular flexibility index (Phi) is 5.55. The number of rotatable bonds is 5. The molecule has 0 bridgehead atoms. The van der Waals surface area contributed by atoms with Gasteiger partial charge in [-0.1, -0.05) is 12.1 Å². The van der Waals surface area contributed by atoms with Crippen molar-refractivity contribution in [2.24, 2.45) is 0 Å². The summed E-state index contributed by atoms with van der Waals surface area (Å²) in [5.74, 6) is 1.02. The van der Waals surface area contributed by atoms with Gasteiger partial charge >= 0.3 is 0 Å². The van der Waals surface area contributed by atoms with E-state index < -0.39 is 0 Å². The molecular weight excluding hydrogens is 454 g/mol. The summed E-state index contributed by atoms with van der Waals surface area (Å²) in [6.45, 7) is 1.78. The summed E-state index contributed by atoms with van der Waals surface area (Å²) in [6.07, 6.45) is 0. The molecule has 0 saturated heterocycles. The van der Waals surface area contributed by atoms with E-state index in [0.29, 0.717) is 34.1 Å². The number of hydrogen-bond donors (Lipinski definition) is 1. The number of carbonyl (C=O) groups is 1. The number of benzene rings is 2. The van der Waals surface area contributed by atoms with E-state index in [4.69, 9.17) is 4.52 Å². The van der Waals surface area contributed by atoms with Gasteiger partial charge in [0.25, 0.3) is 11.5 Å². The highest BCUT2D eigenvalue weighted by atomic mass is 79.9. The summed E-state index contributed by atoms with van der Waals surface area (Å²) in [6, 6.07) is 18.0. The summed E-state index contributed by atoms with van der Waals surface area (Å²) >= 11 is 4.95. The number of hydrogen-bond acceptors (Lipinski definition) is 5. The van der Waals surface area contributed by atoms with Crippen LogP contribution in [0.1, 0.15) is 21.8 Å². The summed E-state index contributed by atoms with van der Waals surface area (Å²) < 4.78 is 7.23. The summed E-state index contributed by atoms with van der Waals surface area (Å²) in [7, 11) is 0. The molecule has 4 rings (SSSR count). The Morgan fingerprint density at radius 1 is 1.17 bits per heavy atom. The van der Waals surface area contributed by atoms with Crippen LogP contribution in [0.2, 0.25) is 0 Å². The highest BCUT2D eigenvalue weighted by Gasteiger charge is 2.10. The average Bonchev–Trinajstić information content (AvgIpc) is 3.08. The van der Waals surface area contributed by atoms with Gasteiger partial charge in [0.15, 0.2) is 5.65 Å². The van der Waals surface area contributed by atoms with Crippen molar-refractivity contribution in [2.75, 3.05) is 5.32 Å². The van der Waals surface area contributed by atoms with Gasteiger partial charge in [0, 0.05) is 32.9 Å². The first-order chi connectivity index (χ1) is 14.0.